The zero-order valence-corrected chi connectivity index (χ0v) is 17.3. The van der Waals surface area contributed by atoms with Crippen LogP contribution in [-0.2, 0) is 19.4 Å². The molecule has 0 amide bonds. The van der Waals surface area contributed by atoms with E-state index in [1.807, 2.05) is 54.6 Å². The quantitative estimate of drug-likeness (QED) is 0.359. The Labute approximate surface area is 181 Å². The van der Waals surface area contributed by atoms with Crippen LogP contribution in [0, 0.1) is 0 Å². The van der Waals surface area contributed by atoms with Crippen molar-refractivity contribution in [1.29, 1.82) is 0 Å². The summed E-state index contributed by atoms with van der Waals surface area (Å²) in [6.45, 7) is 2.14. The molecule has 0 radical (unpaired) electrons. The van der Waals surface area contributed by atoms with Crippen molar-refractivity contribution in [3.05, 3.63) is 106 Å². The fourth-order valence-corrected chi connectivity index (χ4v) is 3.60. The molecule has 0 atom stereocenters. The number of pyridine rings is 1. The maximum absolute atomic E-state index is 11.9. The molecule has 4 aromatic rings. The fraction of sp³-hybridized carbons (Fsp3) is 0.192. The van der Waals surface area contributed by atoms with Crippen LogP contribution in [0.25, 0.3) is 10.9 Å². The lowest BCUT2D eigenvalue weighted by Crippen LogP contribution is -2.20. The highest BCUT2D eigenvalue weighted by Gasteiger charge is 2.09. The van der Waals surface area contributed by atoms with Crippen molar-refractivity contribution in [2.75, 3.05) is 13.1 Å². The van der Waals surface area contributed by atoms with E-state index in [1.54, 1.807) is 18.2 Å². The highest BCUT2D eigenvalue weighted by Crippen LogP contribution is 2.27. The van der Waals surface area contributed by atoms with E-state index in [9.17, 15) is 9.90 Å². The molecule has 0 spiro atoms. The molecular formula is C26H26N2O3. The van der Waals surface area contributed by atoms with Crippen LogP contribution in [-0.4, -0.2) is 23.2 Å². The fourth-order valence-electron chi connectivity index (χ4n) is 3.60. The summed E-state index contributed by atoms with van der Waals surface area (Å²) in [6, 6.07) is 24.7. The van der Waals surface area contributed by atoms with Gasteiger partial charge in [-0.2, -0.15) is 0 Å². The Morgan fingerprint density at radius 1 is 0.806 bits per heavy atom. The van der Waals surface area contributed by atoms with Crippen LogP contribution in [0.2, 0.25) is 0 Å². The Morgan fingerprint density at radius 3 is 2.39 bits per heavy atom. The number of nitrogens with one attached hydrogen (secondary N) is 2. The number of hydrogen-bond donors (Lipinski definition) is 3. The second kappa shape index (κ2) is 9.96. The second-order valence-corrected chi connectivity index (χ2v) is 7.52. The summed E-state index contributed by atoms with van der Waals surface area (Å²) in [5, 5.41) is 13.8. The van der Waals surface area contributed by atoms with Gasteiger partial charge in [-0.15, -0.1) is 0 Å². The zero-order valence-electron chi connectivity index (χ0n) is 17.3. The summed E-state index contributed by atoms with van der Waals surface area (Å²) in [6.07, 6.45) is 1.75. The minimum Gasteiger partial charge on any atom is -0.508 e. The Morgan fingerprint density at radius 2 is 1.58 bits per heavy atom. The minimum absolute atomic E-state index is 0.138. The van der Waals surface area contributed by atoms with Gasteiger partial charge in [0.1, 0.15) is 18.1 Å². The highest BCUT2D eigenvalue weighted by atomic mass is 16.5. The first-order valence-corrected chi connectivity index (χ1v) is 10.5. The van der Waals surface area contributed by atoms with Gasteiger partial charge in [0.2, 0.25) is 5.56 Å². The second-order valence-electron chi connectivity index (χ2n) is 7.52. The Hall–Kier alpha value is -3.57. The monoisotopic (exact) mass is 414 g/mol. The topological polar surface area (TPSA) is 74.3 Å². The average molecular weight is 415 g/mol. The maximum atomic E-state index is 11.9. The SMILES string of the molecule is O=c1ccc2c(CCNCCc3ccc(O)cc3)ccc(OCc3ccccc3)c2[nH]1. The third kappa shape index (κ3) is 5.53. The maximum Gasteiger partial charge on any atom is 0.248 e. The number of benzene rings is 3. The lowest BCUT2D eigenvalue weighted by Gasteiger charge is -2.13. The molecule has 0 fully saturated rings. The first kappa shape index (κ1) is 20.7. The predicted molar refractivity (Wildman–Crippen MR) is 124 cm³/mol. The van der Waals surface area contributed by atoms with E-state index in [1.165, 1.54) is 5.56 Å². The van der Waals surface area contributed by atoms with Gasteiger partial charge < -0.3 is 20.1 Å². The van der Waals surface area contributed by atoms with E-state index in [2.05, 4.69) is 16.4 Å². The number of aromatic hydroxyl groups is 1. The zero-order chi connectivity index (χ0) is 21.5. The highest BCUT2D eigenvalue weighted by molar-refractivity contribution is 5.87. The van der Waals surface area contributed by atoms with E-state index >= 15 is 0 Å². The minimum atomic E-state index is -0.138. The lowest BCUT2D eigenvalue weighted by atomic mass is 10.0. The number of ether oxygens (including phenoxy) is 1. The number of aromatic amines is 1. The van der Waals surface area contributed by atoms with Crippen LogP contribution >= 0.6 is 0 Å². The molecule has 31 heavy (non-hydrogen) atoms. The Balaban J connectivity index is 1.40. The molecule has 5 nitrogen and oxygen atoms in total. The van der Waals surface area contributed by atoms with Gasteiger partial charge in [0.05, 0.1) is 5.52 Å². The first-order valence-electron chi connectivity index (χ1n) is 10.5. The Bertz CT molecular complexity index is 1180. The molecule has 0 aliphatic rings. The third-order valence-electron chi connectivity index (χ3n) is 5.28. The normalized spacial score (nSPS) is 11.0. The molecule has 158 valence electrons. The van der Waals surface area contributed by atoms with Gasteiger partial charge in [-0.05, 0) is 66.9 Å². The van der Waals surface area contributed by atoms with Crippen LogP contribution in [0.4, 0.5) is 0 Å². The number of phenolic OH excluding ortho intramolecular Hbond substituents is 1. The third-order valence-corrected chi connectivity index (χ3v) is 5.28. The van der Waals surface area contributed by atoms with Crippen LogP contribution in [0.15, 0.2) is 83.7 Å². The number of H-pyrrole nitrogens is 1. The largest absolute Gasteiger partial charge is 0.508 e. The molecule has 4 rings (SSSR count). The molecule has 0 bridgehead atoms. The van der Waals surface area contributed by atoms with Crippen molar-refractivity contribution >= 4 is 10.9 Å². The van der Waals surface area contributed by atoms with E-state index < -0.39 is 0 Å². The number of hydrogen-bond acceptors (Lipinski definition) is 4. The molecule has 0 saturated carbocycles. The lowest BCUT2D eigenvalue weighted by molar-refractivity contribution is 0.309. The smallest absolute Gasteiger partial charge is 0.248 e. The molecule has 0 saturated heterocycles. The van der Waals surface area contributed by atoms with Gasteiger partial charge in [0.15, 0.2) is 0 Å². The molecule has 0 aliphatic heterocycles. The van der Waals surface area contributed by atoms with Gasteiger partial charge in [-0.1, -0.05) is 48.5 Å². The van der Waals surface area contributed by atoms with Gasteiger partial charge in [-0.3, -0.25) is 4.79 Å². The van der Waals surface area contributed by atoms with Crippen molar-refractivity contribution in [3.63, 3.8) is 0 Å². The van der Waals surface area contributed by atoms with Gasteiger partial charge >= 0.3 is 0 Å². The molecule has 3 aromatic carbocycles. The van der Waals surface area contributed by atoms with E-state index in [-0.39, 0.29) is 11.3 Å². The first-order chi connectivity index (χ1) is 15.2. The van der Waals surface area contributed by atoms with Gasteiger partial charge in [0, 0.05) is 11.5 Å². The summed E-state index contributed by atoms with van der Waals surface area (Å²) in [5.41, 5.74) is 4.03. The van der Waals surface area contributed by atoms with Crippen LogP contribution in [0.5, 0.6) is 11.5 Å². The van der Waals surface area contributed by atoms with Crippen molar-refractivity contribution in [2.24, 2.45) is 0 Å². The molecule has 3 N–H and O–H groups in total. The molecule has 1 aromatic heterocycles. The van der Waals surface area contributed by atoms with Crippen molar-refractivity contribution < 1.29 is 9.84 Å². The number of aromatic nitrogens is 1. The Kier molecular flexibility index (Phi) is 6.65. The average Bonchev–Trinajstić information content (AvgIpc) is 2.80. The number of rotatable bonds is 9. The van der Waals surface area contributed by atoms with Crippen LogP contribution in [0.1, 0.15) is 16.7 Å². The predicted octanol–water partition coefficient (Wildman–Crippen LogP) is 4.19. The van der Waals surface area contributed by atoms with Crippen molar-refractivity contribution in [1.82, 2.24) is 10.3 Å². The molecule has 5 heteroatoms. The molecule has 0 aliphatic carbocycles. The van der Waals surface area contributed by atoms with Gasteiger partial charge in [-0.25, -0.2) is 0 Å². The number of phenols is 1. The van der Waals surface area contributed by atoms with E-state index in [0.717, 1.165) is 48.0 Å². The summed E-state index contributed by atoms with van der Waals surface area (Å²) in [7, 11) is 0. The number of fused-ring (bicyclic) bond motifs is 1. The van der Waals surface area contributed by atoms with E-state index in [4.69, 9.17) is 4.74 Å². The van der Waals surface area contributed by atoms with E-state index in [0.29, 0.717) is 12.4 Å². The molecule has 0 unspecified atom stereocenters. The summed E-state index contributed by atoms with van der Waals surface area (Å²) in [5.74, 6) is 0.971. The summed E-state index contributed by atoms with van der Waals surface area (Å²) >= 11 is 0. The van der Waals surface area contributed by atoms with Crippen molar-refractivity contribution in [2.45, 2.75) is 19.4 Å². The molecule has 1 heterocycles. The van der Waals surface area contributed by atoms with Gasteiger partial charge in [0.25, 0.3) is 0 Å². The van der Waals surface area contributed by atoms with Crippen LogP contribution < -0.4 is 15.6 Å². The summed E-state index contributed by atoms with van der Waals surface area (Å²) in [4.78, 5) is 14.9. The summed E-state index contributed by atoms with van der Waals surface area (Å²) < 4.78 is 6.01. The van der Waals surface area contributed by atoms with Crippen molar-refractivity contribution in [3.8, 4) is 11.5 Å². The van der Waals surface area contributed by atoms with Crippen LogP contribution in [0.3, 0.4) is 0 Å². The molecular weight excluding hydrogens is 388 g/mol. The standard InChI is InChI=1S/C26H26N2O3/c29-22-9-6-19(7-10-22)14-16-27-17-15-21-8-12-24(26-23(21)11-13-25(30)28-26)31-18-20-4-2-1-3-5-20/h1-13,27,29H,14-18H2,(H,28,30).